The van der Waals surface area contributed by atoms with Crippen molar-refractivity contribution >= 4 is 0 Å². The number of aromatic nitrogens is 2. The maximum absolute atomic E-state index is 9.31. The molecule has 3 heterocycles. The highest BCUT2D eigenvalue weighted by molar-refractivity contribution is 5.09. The summed E-state index contributed by atoms with van der Waals surface area (Å²) in [4.78, 5) is 7.12. The van der Waals surface area contributed by atoms with Crippen molar-refractivity contribution in [2.24, 2.45) is 5.92 Å². The summed E-state index contributed by atoms with van der Waals surface area (Å²) in [5.74, 6) is 1.65. The third-order valence-corrected chi connectivity index (χ3v) is 4.38. The smallest absolute Gasteiger partial charge is 0.110 e. The van der Waals surface area contributed by atoms with E-state index in [0.29, 0.717) is 12.5 Å². The number of aryl methyl sites for hydroxylation is 1. The molecule has 1 fully saturated rings. The van der Waals surface area contributed by atoms with Crippen molar-refractivity contribution in [1.82, 2.24) is 14.5 Å². The fourth-order valence-electron chi connectivity index (χ4n) is 3.19. The fraction of sp³-hybridized carbons (Fsp3) is 0.786. The van der Waals surface area contributed by atoms with Gasteiger partial charge in [-0.3, -0.25) is 0 Å². The number of hydrogen-bond acceptors (Lipinski definition) is 3. The quantitative estimate of drug-likeness (QED) is 0.868. The number of rotatable bonds is 4. The molecule has 0 radical (unpaired) electrons. The van der Waals surface area contributed by atoms with Crippen molar-refractivity contribution in [3.63, 3.8) is 0 Å². The summed E-state index contributed by atoms with van der Waals surface area (Å²) in [6.07, 6.45) is 7.97. The lowest BCUT2D eigenvalue weighted by molar-refractivity contribution is 0.190. The second-order valence-electron chi connectivity index (χ2n) is 5.66. The lowest BCUT2D eigenvalue weighted by Gasteiger charge is -2.24. The molecule has 4 nitrogen and oxygen atoms in total. The first-order chi connectivity index (χ1) is 8.86. The van der Waals surface area contributed by atoms with E-state index in [4.69, 9.17) is 0 Å². The Morgan fingerprint density at radius 1 is 1.33 bits per heavy atom. The number of imidazole rings is 1. The molecule has 0 amide bonds. The Hall–Kier alpha value is -0.870. The molecular weight excluding hydrogens is 226 g/mol. The summed E-state index contributed by atoms with van der Waals surface area (Å²) < 4.78 is 2.35. The molecule has 0 bridgehead atoms. The minimum absolute atomic E-state index is 0.309. The molecule has 100 valence electrons. The van der Waals surface area contributed by atoms with Gasteiger partial charge in [0.2, 0.25) is 0 Å². The van der Waals surface area contributed by atoms with Crippen molar-refractivity contribution in [2.75, 3.05) is 26.2 Å². The van der Waals surface area contributed by atoms with Gasteiger partial charge in [-0.25, -0.2) is 4.98 Å². The van der Waals surface area contributed by atoms with Gasteiger partial charge in [0.15, 0.2) is 0 Å². The van der Waals surface area contributed by atoms with Gasteiger partial charge >= 0.3 is 0 Å². The summed E-state index contributed by atoms with van der Waals surface area (Å²) >= 11 is 0. The molecule has 18 heavy (non-hydrogen) atoms. The Kier molecular flexibility index (Phi) is 3.66. The summed E-state index contributed by atoms with van der Waals surface area (Å²) in [6, 6.07) is 0. The van der Waals surface area contributed by atoms with Crippen LogP contribution in [0.5, 0.6) is 0 Å². The Morgan fingerprint density at radius 2 is 2.17 bits per heavy atom. The molecule has 3 rings (SSSR count). The highest BCUT2D eigenvalue weighted by Crippen LogP contribution is 2.21. The number of aliphatic hydroxyl groups is 1. The van der Waals surface area contributed by atoms with E-state index in [9.17, 15) is 5.11 Å². The monoisotopic (exact) mass is 249 g/mol. The highest BCUT2D eigenvalue weighted by Gasteiger charge is 2.21. The number of nitrogens with zero attached hydrogens (tertiary/aromatic N) is 3. The van der Waals surface area contributed by atoms with Crippen LogP contribution in [0.25, 0.3) is 0 Å². The lowest BCUT2D eigenvalue weighted by atomic mass is 9.99. The van der Waals surface area contributed by atoms with E-state index in [1.165, 1.54) is 37.4 Å². The number of aliphatic hydroxyl groups excluding tert-OH is 1. The Labute approximate surface area is 109 Å². The van der Waals surface area contributed by atoms with E-state index in [2.05, 4.69) is 14.5 Å². The van der Waals surface area contributed by atoms with E-state index < -0.39 is 0 Å². The van der Waals surface area contributed by atoms with Crippen LogP contribution >= 0.6 is 0 Å². The van der Waals surface area contributed by atoms with E-state index >= 15 is 0 Å². The normalized spacial score (nSPS) is 24.4. The van der Waals surface area contributed by atoms with Crippen molar-refractivity contribution < 1.29 is 5.11 Å². The predicted octanol–water partition coefficient (Wildman–Crippen LogP) is 1.08. The molecule has 1 aromatic heterocycles. The van der Waals surface area contributed by atoms with Gasteiger partial charge in [0.05, 0.1) is 0 Å². The zero-order chi connectivity index (χ0) is 12.4. The second-order valence-corrected chi connectivity index (χ2v) is 5.66. The molecule has 1 N–H and O–H groups in total. The molecule has 2 aliphatic heterocycles. The van der Waals surface area contributed by atoms with Gasteiger partial charge in [-0.15, -0.1) is 0 Å². The Morgan fingerprint density at radius 3 is 2.94 bits per heavy atom. The first-order valence-corrected chi connectivity index (χ1v) is 7.23. The number of hydrogen-bond donors (Lipinski definition) is 1. The van der Waals surface area contributed by atoms with Crippen LogP contribution in [-0.2, 0) is 19.4 Å². The van der Waals surface area contributed by atoms with Gasteiger partial charge in [-0.05, 0) is 38.8 Å². The van der Waals surface area contributed by atoms with Crippen molar-refractivity contribution in [2.45, 2.75) is 38.6 Å². The van der Waals surface area contributed by atoms with Crippen LogP contribution in [0.15, 0.2) is 6.20 Å². The largest absolute Gasteiger partial charge is 0.396 e. The van der Waals surface area contributed by atoms with Crippen LogP contribution in [0.3, 0.4) is 0 Å². The summed E-state index contributed by atoms with van der Waals surface area (Å²) in [5.41, 5.74) is 1.36. The SMILES string of the molecule is OCC1CCc2cnc(CCN3CCCC3)n2C1. The first kappa shape index (κ1) is 12.2. The van der Waals surface area contributed by atoms with Crippen LogP contribution in [0.4, 0.5) is 0 Å². The van der Waals surface area contributed by atoms with Crippen molar-refractivity contribution in [1.29, 1.82) is 0 Å². The van der Waals surface area contributed by atoms with E-state index in [1.54, 1.807) is 0 Å². The minimum atomic E-state index is 0.309. The third-order valence-electron chi connectivity index (χ3n) is 4.38. The highest BCUT2D eigenvalue weighted by atomic mass is 16.3. The third kappa shape index (κ3) is 2.45. The van der Waals surface area contributed by atoms with Crippen LogP contribution in [0.1, 0.15) is 30.8 Å². The van der Waals surface area contributed by atoms with E-state index in [1.807, 2.05) is 6.20 Å². The topological polar surface area (TPSA) is 41.3 Å². The van der Waals surface area contributed by atoms with Gasteiger partial charge in [-0.2, -0.15) is 0 Å². The molecule has 1 aromatic rings. The van der Waals surface area contributed by atoms with Crippen molar-refractivity contribution in [3.05, 3.63) is 17.7 Å². The Bertz CT molecular complexity index is 396. The van der Waals surface area contributed by atoms with Gasteiger partial charge in [0.1, 0.15) is 5.82 Å². The minimum Gasteiger partial charge on any atom is -0.396 e. The maximum Gasteiger partial charge on any atom is 0.110 e. The fourth-order valence-corrected chi connectivity index (χ4v) is 3.19. The molecule has 1 atom stereocenters. The zero-order valence-corrected chi connectivity index (χ0v) is 11.0. The summed E-state index contributed by atoms with van der Waals surface area (Å²) in [6.45, 7) is 4.92. The molecule has 2 aliphatic rings. The molecule has 0 spiro atoms. The van der Waals surface area contributed by atoms with Crippen LogP contribution < -0.4 is 0 Å². The first-order valence-electron chi connectivity index (χ1n) is 7.23. The average molecular weight is 249 g/mol. The summed E-state index contributed by atoms with van der Waals surface area (Å²) in [5, 5.41) is 9.31. The molecule has 1 saturated heterocycles. The predicted molar refractivity (Wildman–Crippen MR) is 70.5 cm³/mol. The number of likely N-dealkylation sites (tertiary alicyclic amines) is 1. The van der Waals surface area contributed by atoms with E-state index in [0.717, 1.165) is 32.4 Å². The van der Waals surface area contributed by atoms with Crippen molar-refractivity contribution in [3.8, 4) is 0 Å². The van der Waals surface area contributed by atoms with Crippen LogP contribution in [0, 0.1) is 5.92 Å². The van der Waals surface area contributed by atoms with Gasteiger partial charge in [0, 0.05) is 43.9 Å². The molecule has 4 heteroatoms. The average Bonchev–Trinajstić information content (AvgIpc) is 3.05. The molecule has 0 aliphatic carbocycles. The molecule has 0 saturated carbocycles. The molecule has 1 unspecified atom stereocenters. The van der Waals surface area contributed by atoms with Gasteiger partial charge in [-0.1, -0.05) is 0 Å². The lowest BCUT2D eigenvalue weighted by Crippen LogP contribution is -2.26. The van der Waals surface area contributed by atoms with E-state index in [-0.39, 0.29) is 0 Å². The van der Waals surface area contributed by atoms with Crippen LogP contribution in [-0.4, -0.2) is 45.8 Å². The standard InChI is InChI=1S/C14H23N3O/c18-11-12-3-4-13-9-15-14(17(13)10-12)5-8-16-6-1-2-7-16/h9,12,18H,1-8,10-11H2. The Balaban J connectivity index is 1.64. The van der Waals surface area contributed by atoms with Gasteiger partial charge in [0.25, 0.3) is 0 Å². The number of fused-ring (bicyclic) bond motifs is 1. The van der Waals surface area contributed by atoms with Crippen LogP contribution in [0.2, 0.25) is 0 Å². The molecule has 0 aromatic carbocycles. The van der Waals surface area contributed by atoms with Gasteiger partial charge < -0.3 is 14.6 Å². The molecular formula is C14H23N3O. The zero-order valence-electron chi connectivity index (χ0n) is 11.0. The maximum atomic E-state index is 9.31. The second kappa shape index (κ2) is 5.41. The summed E-state index contributed by atoms with van der Waals surface area (Å²) in [7, 11) is 0.